The van der Waals surface area contributed by atoms with Crippen LogP contribution in [0.25, 0.3) is 0 Å². The van der Waals surface area contributed by atoms with Gasteiger partial charge in [0.1, 0.15) is 15.7 Å². The second-order valence-corrected chi connectivity index (χ2v) is 9.98. The van der Waals surface area contributed by atoms with Crippen LogP contribution in [0.2, 0.25) is 0 Å². The average molecular weight is 454 g/mol. The number of amides is 1. The smallest absolute Gasteiger partial charge is 0.409 e. The van der Waals surface area contributed by atoms with Gasteiger partial charge >= 0.3 is 6.09 Å². The van der Waals surface area contributed by atoms with E-state index in [9.17, 15) is 28.0 Å². The van der Waals surface area contributed by atoms with E-state index in [1.54, 1.807) is 12.1 Å². The van der Waals surface area contributed by atoms with E-state index < -0.39 is 34.0 Å². The summed E-state index contributed by atoms with van der Waals surface area (Å²) >= 11 is 0.837. The van der Waals surface area contributed by atoms with Gasteiger partial charge in [0.15, 0.2) is 0 Å². The number of sulfonamides is 1. The molecule has 0 fully saturated rings. The molecule has 1 aromatic carbocycles. The number of halogens is 1. The monoisotopic (exact) mass is 453 g/mol. The van der Waals surface area contributed by atoms with E-state index in [4.69, 9.17) is 5.11 Å². The van der Waals surface area contributed by atoms with Crippen LogP contribution in [0.1, 0.15) is 40.9 Å². The number of likely N-dealkylation sites (N-methyl/N-ethyl adjacent to an activating group) is 1. The first kappa shape index (κ1) is 22.2. The van der Waals surface area contributed by atoms with Gasteiger partial charge in [-0.3, -0.25) is 5.32 Å². The number of hydrogen-bond donors (Lipinski definition) is 3. The predicted molar refractivity (Wildman–Crippen MR) is 108 cm³/mol. The lowest BCUT2D eigenvalue weighted by Gasteiger charge is -2.24. The fourth-order valence-electron chi connectivity index (χ4n) is 3.40. The minimum Gasteiger partial charge on any atom is -0.465 e. The molecule has 0 aliphatic heterocycles. The zero-order valence-electron chi connectivity index (χ0n) is 16.0. The Morgan fingerprint density at radius 3 is 2.63 bits per heavy atom. The Morgan fingerprint density at radius 1 is 1.37 bits per heavy atom. The molecule has 1 aliphatic carbocycles. The van der Waals surface area contributed by atoms with E-state index in [0.717, 1.165) is 21.2 Å². The molecule has 1 aliphatic rings. The zero-order chi connectivity index (χ0) is 22.1. The Hall–Kier alpha value is -2.52. The number of thiophene rings is 1. The van der Waals surface area contributed by atoms with Crippen LogP contribution < -0.4 is 5.32 Å². The van der Waals surface area contributed by atoms with Crippen molar-refractivity contribution in [2.75, 3.05) is 18.9 Å². The highest BCUT2D eigenvalue weighted by Gasteiger charge is 2.39. The van der Waals surface area contributed by atoms with Crippen LogP contribution in [0.5, 0.6) is 0 Å². The van der Waals surface area contributed by atoms with Crippen molar-refractivity contribution in [2.45, 2.75) is 36.2 Å². The lowest BCUT2D eigenvalue weighted by atomic mass is 9.87. The zero-order valence-corrected chi connectivity index (χ0v) is 17.6. The van der Waals surface area contributed by atoms with Crippen molar-refractivity contribution in [2.24, 2.45) is 0 Å². The lowest BCUT2D eigenvalue weighted by Crippen LogP contribution is -2.31. The van der Waals surface area contributed by atoms with Gasteiger partial charge in [0, 0.05) is 24.0 Å². The number of aliphatic hydroxyl groups excluding tert-OH is 1. The molecular weight excluding hydrogens is 433 g/mol. The van der Waals surface area contributed by atoms with Gasteiger partial charge in [-0.15, -0.1) is 11.3 Å². The molecular formula is C19H20FN3O5S2. The molecule has 8 nitrogen and oxygen atoms in total. The second kappa shape index (κ2) is 8.69. The van der Waals surface area contributed by atoms with E-state index in [0.29, 0.717) is 11.3 Å². The fraction of sp³-hybridized carbons (Fsp3) is 0.368. The second-order valence-electron chi connectivity index (χ2n) is 6.95. The molecule has 1 amide bonds. The van der Waals surface area contributed by atoms with E-state index in [1.807, 2.05) is 0 Å². The molecule has 30 heavy (non-hydrogen) atoms. The van der Waals surface area contributed by atoms with Gasteiger partial charge < -0.3 is 10.2 Å². The number of nitriles is 1. The summed E-state index contributed by atoms with van der Waals surface area (Å²) < 4.78 is 40.9. The van der Waals surface area contributed by atoms with Gasteiger partial charge in [-0.1, -0.05) is 12.1 Å². The number of nitrogens with one attached hydrogen (secondary N) is 1. The Balaban J connectivity index is 1.99. The number of anilines is 1. The number of carboxylic acid groups (broad SMARTS) is 1. The van der Waals surface area contributed by atoms with Crippen molar-refractivity contribution in [3.05, 3.63) is 46.1 Å². The molecule has 11 heteroatoms. The standard InChI is InChI=1S/C19H20FN3O5S2/c1-23(9-8-11-2-5-13(20)6-3-11)30(27,28)17-15-12(10-21)4-7-14(24)16(15)29-18(17)22-19(25)26/h2-3,5-6,12,14,22,24H,4,7-9H2,1H3,(H,25,26). The molecule has 2 aromatic rings. The largest absolute Gasteiger partial charge is 0.465 e. The summed E-state index contributed by atoms with van der Waals surface area (Å²) in [6.45, 7) is 0.0604. The van der Waals surface area contributed by atoms with Crippen molar-refractivity contribution in [1.82, 2.24) is 4.31 Å². The van der Waals surface area contributed by atoms with Crippen LogP contribution >= 0.6 is 11.3 Å². The first-order valence-electron chi connectivity index (χ1n) is 9.10. The Labute approximate surface area is 177 Å². The summed E-state index contributed by atoms with van der Waals surface area (Å²) in [4.78, 5) is 11.2. The fourth-order valence-corrected chi connectivity index (χ4v) is 6.53. The number of rotatable bonds is 6. The van der Waals surface area contributed by atoms with Gasteiger partial charge in [-0.05, 0) is 37.0 Å². The van der Waals surface area contributed by atoms with Crippen LogP contribution in [0.4, 0.5) is 14.2 Å². The first-order chi connectivity index (χ1) is 14.1. The third-order valence-electron chi connectivity index (χ3n) is 4.98. The van der Waals surface area contributed by atoms with Gasteiger partial charge in [0.25, 0.3) is 0 Å². The minimum atomic E-state index is -4.18. The summed E-state index contributed by atoms with van der Waals surface area (Å²) in [5.41, 5.74) is 0.902. The van der Waals surface area contributed by atoms with E-state index in [1.165, 1.54) is 19.2 Å². The van der Waals surface area contributed by atoms with Gasteiger partial charge in [0.05, 0.1) is 18.1 Å². The Bertz CT molecular complexity index is 1090. The highest BCUT2D eigenvalue weighted by molar-refractivity contribution is 7.89. The number of carbonyl (C=O) groups is 1. The molecule has 0 saturated heterocycles. The summed E-state index contributed by atoms with van der Waals surface area (Å²) in [6, 6.07) is 7.75. The molecule has 2 unspecified atom stereocenters. The van der Waals surface area contributed by atoms with Crippen molar-refractivity contribution >= 4 is 32.5 Å². The normalized spacial score (nSPS) is 18.6. The predicted octanol–water partition coefficient (Wildman–Crippen LogP) is 3.27. The molecule has 2 atom stereocenters. The van der Waals surface area contributed by atoms with Crippen LogP contribution in [0.3, 0.4) is 0 Å². The molecule has 0 radical (unpaired) electrons. The topological polar surface area (TPSA) is 131 Å². The highest BCUT2D eigenvalue weighted by atomic mass is 32.2. The summed E-state index contributed by atoms with van der Waals surface area (Å²) in [5.74, 6) is -1.16. The molecule has 3 N–H and O–H groups in total. The van der Waals surface area contributed by atoms with Gasteiger partial charge in [-0.25, -0.2) is 21.9 Å². The summed E-state index contributed by atoms with van der Waals surface area (Å²) in [6.07, 6.45) is -1.53. The average Bonchev–Trinajstić information content (AvgIpc) is 3.07. The van der Waals surface area contributed by atoms with E-state index in [-0.39, 0.29) is 34.8 Å². The Morgan fingerprint density at radius 2 is 2.03 bits per heavy atom. The minimum absolute atomic E-state index is 0.0604. The molecule has 3 rings (SSSR count). The quantitative estimate of drug-likeness (QED) is 0.615. The SMILES string of the molecule is CN(CCc1ccc(F)cc1)S(=O)(=O)c1c(NC(=O)O)sc2c1C(C#N)CCC2O. The number of fused-ring (bicyclic) bond motifs is 1. The molecule has 0 bridgehead atoms. The number of hydrogen-bond acceptors (Lipinski definition) is 6. The number of aliphatic hydroxyl groups is 1. The molecule has 0 saturated carbocycles. The number of benzene rings is 1. The van der Waals surface area contributed by atoms with Crippen molar-refractivity contribution < 1.29 is 27.8 Å². The number of nitrogens with zero attached hydrogens (tertiary/aromatic N) is 2. The first-order valence-corrected chi connectivity index (χ1v) is 11.4. The maximum atomic E-state index is 13.4. The van der Waals surface area contributed by atoms with Gasteiger partial charge in [0.2, 0.25) is 10.0 Å². The van der Waals surface area contributed by atoms with Crippen LogP contribution in [0, 0.1) is 17.1 Å². The lowest BCUT2D eigenvalue weighted by molar-refractivity contribution is 0.157. The highest BCUT2D eigenvalue weighted by Crippen LogP contribution is 2.49. The van der Waals surface area contributed by atoms with Crippen molar-refractivity contribution in [3.8, 4) is 6.07 Å². The summed E-state index contributed by atoms with van der Waals surface area (Å²) in [7, 11) is -2.82. The van der Waals surface area contributed by atoms with Crippen molar-refractivity contribution in [1.29, 1.82) is 5.26 Å². The molecule has 160 valence electrons. The van der Waals surface area contributed by atoms with E-state index >= 15 is 0 Å². The summed E-state index contributed by atoms with van der Waals surface area (Å²) in [5, 5.41) is 30.9. The van der Waals surface area contributed by atoms with Crippen LogP contribution in [-0.2, 0) is 16.4 Å². The van der Waals surface area contributed by atoms with Crippen LogP contribution in [-0.4, -0.2) is 42.6 Å². The van der Waals surface area contributed by atoms with Crippen molar-refractivity contribution in [3.63, 3.8) is 0 Å². The third kappa shape index (κ3) is 4.32. The molecule has 1 heterocycles. The maximum absolute atomic E-state index is 13.4. The van der Waals surface area contributed by atoms with Crippen LogP contribution in [0.15, 0.2) is 29.2 Å². The third-order valence-corrected chi connectivity index (χ3v) is 8.28. The maximum Gasteiger partial charge on any atom is 0.409 e. The molecule has 0 spiro atoms. The molecule has 1 aromatic heterocycles. The Kier molecular flexibility index (Phi) is 6.42. The van der Waals surface area contributed by atoms with Gasteiger partial charge in [-0.2, -0.15) is 5.26 Å². The van der Waals surface area contributed by atoms with E-state index in [2.05, 4.69) is 11.4 Å².